The molecule has 0 aliphatic rings. The fourth-order valence-electron chi connectivity index (χ4n) is 2.65. The van der Waals surface area contributed by atoms with E-state index in [-0.39, 0.29) is 18.0 Å². The van der Waals surface area contributed by atoms with Gasteiger partial charge < -0.3 is 20.7 Å². The van der Waals surface area contributed by atoms with Crippen LogP contribution in [0.1, 0.15) is 42.3 Å². The average Bonchev–Trinajstić information content (AvgIpc) is 2.72. The van der Waals surface area contributed by atoms with Gasteiger partial charge in [-0.3, -0.25) is 4.79 Å². The van der Waals surface area contributed by atoms with Gasteiger partial charge in [-0.15, -0.1) is 0 Å². The normalized spacial score (nSPS) is 11.5. The zero-order valence-corrected chi connectivity index (χ0v) is 17.6. The predicted octanol–water partition coefficient (Wildman–Crippen LogP) is 2.80. The highest BCUT2D eigenvalue weighted by Gasteiger charge is 2.18. The van der Waals surface area contributed by atoms with Crippen LogP contribution >= 0.6 is 0 Å². The Morgan fingerprint density at radius 3 is 2.17 bits per heavy atom. The van der Waals surface area contributed by atoms with Gasteiger partial charge in [0.15, 0.2) is 6.10 Å². The lowest BCUT2D eigenvalue weighted by atomic mass is 10.1. The average molecular weight is 412 g/mol. The lowest BCUT2D eigenvalue weighted by Gasteiger charge is -2.14. The second-order valence-corrected chi connectivity index (χ2v) is 7.25. The molecule has 2 aromatic rings. The Morgan fingerprint density at radius 2 is 1.53 bits per heavy atom. The topological polar surface area (TPSA) is 96.5 Å². The Kier molecular flexibility index (Phi) is 8.87. The van der Waals surface area contributed by atoms with Gasteiger partial charge in [0.2, 0.25) is 0 Å². The molecule has 0 fully saturated rings. The summed E-state index contributed by atoms with van der Waals surface area (Å²) < 4.78 is 5.25. The van der Waals surface area contributed by atoms with Gasteiger partial charge in [-0.05, 0) is 50.5 Å². The first kappa shape index (κ1) is 22.9. The highest BCUT2D eigenvalue weighted by atomic mass is 16.5. The summed E-state index contributed by atoms with van der Waals surface area (Å²) in [5.41, 5.74) is 2.31. The molecule has 0 aliphatic heterocycles. The number of amides is 3. The Balaban J connectivity index is 1.76. The molecule has 1 atom stereocenters. The van der Waals surface area contributed by atoms with E-state index in [0.717, 1.165) is 11.1 Å². The lowest BCUT2D eigenvalue weighted by Crippen LogP contribution is -2.39. The van der Waals surface area contributed by atoms with E-state index in [9.17, 15) is 14.4 Å². The molecule has 2 rings (SSSR count). The fourth-order valence-corrected chi connectivity index (χ4v) is 2.65. The summed E-state index contributed by atoms with van der Waals surface area (Å²) in [6.45, 7) is 6.11. The molecule has 0 heterocycles. The molecular weight excluding hydrogens is 382 g/mol. The largest absolute Gasteiger partial charge is 0.449 e. The number of hydrogen-bond acceptors (Lipinski definition) is 4. The van der Waals surface area contributed by atoms with E-state index in [2.05, 4.69) is 16.0 Å². The quantitative estimate of drug-likeness (QED) is 0.553. The molecule has 0 aromatic heterocycles. The molecule has 30 heavy (non-hydrogen) atoms. The van der Waals surface area contributed by atoms with E-state index in [4.69, 9.17) is 4.74 Å². The maximum atomic E-state index is 12.3. The number of urea groups is 1. The highest BCUT2D eigenvalue weighted by Crippen LogP contribution is 2.08. The summed E-state index contributed by atoms with van der Waals surface area (Å²) in [7, 11) is 0. The molecule has 0 aliphatic carbocycles. The number of esters is 1. The SMILES string of the molecule is CC(C)NC(=O)NCc1ccc(C(=O)O[C@@H](C)C(=O)NCCc2ccccc2)cc1. The summed E-state index contributed by atoms with van der Waals surface area (Å²) in [5, 5.41) is 8.25. The second-order valence-electron chi connectivity index (χ2n) is 7.25. The second kappa shape index (κ2) is 11.6. The zero-order chi connectivity index (χ0) is 21.9. The fraction of sp³-hybridized carbons (Fsp3) is 0.348. The number of nitrogens with one attached hydrogen (secondary N) is 3. The van der Waals surface area contributed by atoms with Crippen molar-refractivity contribution in [3.05, 3.63) is 71.3 Å². The van der Waals surface area contributed by atoms with Crippen molar-refractivity contribution in [2.45, 2.75) is 45.9 Å². The Labute approximate surface area is 177 Å². The summed E-state index contributed by atoms with van der Waals surface area (Å²) >= 11 is 0. The van der Waals surface area contributed by atoms with Gasteiger partial charge in [0.25, 0.3) is 5.91 Å². The maximum Gasteiger partial charge on any atom is 0.338 e. The Bertz CT molecular complexity index is 835. The van der Waals surface area contributed by atoms with Crippen molar-refractivity contribution in [3.63, 3.8) is 0 Å². The number of ether oxygens (including phenoxy) is 1. The third-order valence-corrected chi connectivity index (χ3v) is 4.27. The van der Waals surface area contributed by atoms with Crippen LogP contribution in [0.15, 0.2) is 54.6 Å². The molecule has 3 N–H and O–H groups in total. The van der Waals surface area contributed by atoms with E-state index in [1.165, 1.54) is 0 Å². The summed E-state index contributed by atoms with van der Waals surface area (Å²) in [4.78, 5) is 36.0. The molecule has 0 saturated heterocycles. The molecule has 0 saturated carbocycles. The van der Waals surface area contributed by atoms with E-state index in [0.29, 0.717) is 25.1 Å². The van der Waals surface area contributed by atoms with Gasteiger partial charge in [-0.2, -0.15) is 0 Å². The minimum atomic E-state index is -0.894. The molecule has 7 heteroatoms. The Morgan fingerprint density at radius 1 is 0.867 bits per heavy atom. The lowest BCUT2D eigenvalue weighted by molar-refractivity contribution is -0.129. The van der Waals surface area contributed by atoms with Crippen LogP contribution in [0.4, 0.5) is 4.79 Å². The third-order valence-electron chi connectivity index (χ3n) is 4.27. The first-order valence-corrected chi connectivity index (χ1v) is 10.0. The monoisotopic (exact) mass is 411 g/mol. The van der Waals surface area contributed by atoms with Gasteiger partial charge in [-0.1, -0.05) is 42.5 Å². The van der Waals surface area contributed by atoms with Crippen molar-refractivity contribution in [1.29, 1.82) is 0 Å². The first-order valence-electron chi connectivity index (χ1n) is 10.0. The molecule has 2 aromatic carbocycles. The Hall–Kier alpha value is -3.35. The molecular formula is C23H29N3O4. The summed E-state index contributed by atoms with van der Waals surface area (Å²) in [6, 6.07) is 16.3. The van der Waals surface area contributed by atoms with Crippen LogP contribution < -0.4 is 16.0 Å². The van der Waals surface area contributed by atoms with Crippen LogP contribution in [0.3, 0.4) is 0 Å². The van der Waals surface area contributed by atoms with E-state index in [1.54, 1.807) is 31.2 Å². The zero-order valence-electron chi connectivity index (χ0n) is 17.6. The van der Waals surface area contributed by atoms with Crippen LogP contribution in [0.2, 0.25) is 0 Å². The summed E-state index contributed by atoms with van der Waals surface area (Å²) in [6.07, 6.45) is -0.188. The van der Waals surface area contributed by atoms with Crippen molar-refractivity contribution in [2.24, 2.45) is 0 Å². The number of carbonyl (C=O) groups is 3. The molecule has 160 valence electrons. The van der Waals surface area contributed by atoms with E-state index >= 15 is 0 Å². The van der Waals surface area contributed by atoms with Crippen molar-refractivity contribution >= 4 is 17.9 Å². The van der Waals surface area contributed by atoms with Crippen LogP contribution in [-0.4, -0.2) is 36.6 Å². The number of hydrogen-bond donors (Lipinski definition) is 3. The predicted molar refractivity (Wildman–Crippen MR) is 115 cm³/mol. The minimum Gasteiger partial charge on any atom is -0.449 e. The van der Waals surface area contributed by atoms with E-state index in [1.807, 2.05) is 44.2 Å². The smallest absolute Gasteiger partial charge is 0.338 e. The summed E-state index contributed by atoms with van der Waals surface area (Å²) in [5.74, 6) is -0.908. The van der Waals surface area contributed by atoms with Gasteiger partial charge in [0.05, 0.1) is 5.56 Å². The van der Waals surface area contributed by atoms with Crippen LogP contribution in [-0.2, 0) is 22.5 Å². The van der Waals surface area contributed by atoms with Crippen LogP contribution in [0.5, 0.6) is 0 Å². The highest BCUT2D eigenvalue weighted by molar-refractivity contribution is 5.92. The number of rotatable bonds is 9. The molecule has 0 radical (unpaired) electrons. The van der Waals surface area contributed by atoms with Gasteiger partial charge in [-0.25, -0.2) is 9.59 Å². The molecule has 3 amide bonds. The van der Waals surface area contributed by atoms with Crippen molar-refractivity contribution in [1.82, 2.24) is 16.0 Å². The number of benzene rings is 2. The molecule has 7 nitrogen and oxygen atoms in total. The van der Waals surface area contributed by atoms with Crippen molar-refractivity contribution in [2.75, 3.05) is 6.54 Å². The minimum absolute atomic E-state index is 0.0553. The maximum absolute atomic E-state index is 12.3. The van der Waals surface area contributed by atoms with Gasteiger partial charge in [0.1, 0.15) is 0 Å². The molecule has 0 bridgehead atoms. The van der Waals surface area contributed by atoms with Crippen molar-refractivity contribution < 1.29 is 19.1 Å². The van der Waals surface area contributed by atoms with Crippen molar-refractivity contribution in [3.8, 4) is 0 Å². The van der Waals surface area contributed by atoms with Gasteiger partial charge in [0, 0.05) is 19.1 Å². The van der Waals surface area contributed by atoms with E-state index < -0.39 is 12.1 Å². The molecule has 0 unspecified atom stereocenters. The van der Waals surface area contributed by atoms with Gasteiger partial charge >= 0.3 is 12.0 Å². The van der Waals surface area contributed by atoms with Crippen LogP contribution in [0, 0.1) is 0 Å². The standard InChI is InChI=1S/C23H29N3O4/c1-16(2)26-23(29)25-15-19-9-11-20(12-10-19)22(28)30-17(3)21(27)24-14-13-18-7-5-4-6-8-18/h4-12,16-17H,13-15H2,1-3H3,(H,24,27)(H2,25,26,29)/t17-/m0/s1. The third kappa shape index (κ3) is 7.95. The van der Waals surface area contributed by atoms with Crippen LogP contribution in [0.25, 0.3) is 0 Å². The first-order chi connectivity index (χ1) is 14.3. The molecule has 0 spiro atoms. The number of carbonyl (C=O) groups excluding carboxylic acids is 3.